The minimum atomic E-state index is -0.390. The molecule has 0 aliphatic carbocycles. The summed E-state index contributed by atoms with van der Waals surface area (Å²) in [5.41, 5.74) is 3.08. The highest BCUT2D eigenvalue weighted by Crippen LogP contribution is 2.21. The molecule has 2 aromatic heterocycles. The number of aryl methyl sites for hydroxylation is 2. The fourth-order valence-corrected chi connectivity index (χ4v) is 2.48. The molecule has 0 bridgehead atoms. The SMILES string of the molecule is Cc1nn(C)c2ncc(NCc3cccc(Cl)c3F)cc12. The Kier molecular flexibility index (Phi) is 3.51. The molecule has 0 saturated carbocycles. The van der Waals surface area contributed by atoms with Gasteiger partial charge in [-0.15, -0.1) is 0 Å². The van der Waals surface area contributed by atoms with E-state index in [9.17, 15) is 4.39 Å². The van der Waals surface area contributed by atoms with Crippen LogP contribution < -0.4 is 5.32 Å². The lowest BCUT2D eigenvalue weighted by Crippen LogP contribution is -2.02. The lowest BCUT2D eigenvalue weighted by molar-refractivity contribution is 0.613. The second-order valence-corrected chi connectivity index (χ2v) is 5.28. The van der Waals surface area contributed by atoms with Gasteiger partial charge in [0, 0.05) is 24.5 Å². The monoisotopic (exact) mass is 304 g/mol. The molecule has 0 unspecified atom stereocenters. The molecule has 0 atom stereocenters. The first-order valence-electron chi connectivity index (χ1n) is 6.52. The summed E-state index contributed by atoms with van der Waals surface area (Å²) < 4.78 is 15.6. The molecule has 1 aromatic carbocycles. The Morgan fingerprint density at radius 3 is 3.00 bits per heavy atom. The van der Waals surface area contributed by atoms with Gasteiger partial charge in [0.15, 0.2) is 5.65 Å². The predicted molar refractivity (Wildman–Crippen MR) is 82.0 cm³/mol. The lowest BCUT2D eigenvalue weighted by Gasteiger charge is -2.08. The maximum Gasteiger partial charge on any atom is 0.157 e. The first-order chi connectivity index (χ1) is 10.1. The number of hydrogen-bond donors (Lipinski definition) is 1. The van der Waals surface area contributed by atoms with Crippen LogP contribution in [0.5, 0.6) is 0 Å². The Morgan fingerprint density at radius 1 is 1.38 bits per heavy atom. The van der Waals surface area contributed by atoms with Gasteiger partial charge in [-0.05, 0) is 19.1 Å². The van der Waals surface area contributed by atoms with E-state index in [-0.39, 0.29) is 5.02 Å². The Balaban J connectivity index is 1.85. The highest BCUT2D eigenvalue weighted by molar-refractivity contribution is 6.30. The molecular formula is C15H14ClFN4. The number of fused-ring (bicyclic) bond motifs is 1. The van der Waals surface area contributed by atoms with Crippen molar-refractivity contribution in [3.63, 3.8) is 0 Å². The van der Waals surface area contributed by atoms with E-state index in [4.69, 9.17) is 11.6 Å². The first kappa shape index (κ1) is 13.8. The number of anilines is 1. The maximum absolute atomic E-state index is 13.8. The van der Waals surface area contributed by atoms with Crippen molar-refractivity contribution in [3.8, 4) is 0 Å². The summed E-state index contributed by atoms with van der Waals surface area (Å²) in [5, 5.41) is 8.59. The Morgan fingerprint density at radius 2 is 2.19 bits per heavy atom. The third kappa shape index (κ3) is 2.56. The number of aromatic nitrogens is 3. The molecule has 2 heterocycles. The van der Waals surface area contributed by atoms with Gasteiger partial charge in [-0.1, -0.05) is 23.7 Å². The van der Waals surface area contributed by atoms with Crippen molar-refractivity contribution in [1.29, 1.82) is 0 Å². The molecule has 3 rings (SSSR count). The summed E-state index contributed by atoms with van der Waals surface area (Å²) in [7, 11) is 1.86. The van der Waals surface area contributed by atoms with Crippen LogP contribution in [-0.2, 0) is 13.6 Å². The molecule has 0 fully saturated rings. The number of rotatable bonds is 3. The van der Waals surface area contributed by atoms with Crippen LogP contribution in [0, 0.1) is 12.7 Å². The first-order valence-corrected chi connectivity index (χ1v) is 6.90. The number of halogens is 2. The molecule has 0 aliphatic rings. The molecule has 4 nitrogen and oxygen atoms in total. The standard InChI is InChI=1S/C15H14ClFN4/c1-9-12-6-11(8-19-15(12)21(2)20-9)18-7-10-4-3-5-13(16)14(10)17/h3-6,8,18H,7H2,1-2H3. The van der Waals surface area contributed by atoms with Gasteiger partial charge in [0.05, 0.1) is 22.6 Å². The summed E-state index contributed by atoms with van der Waals surface area (Å²) >= 11 is 5.77. The van der Waals surface area contributed by atoms with Crippen LogP contribution in [0.2, 0.25) is 5.02 Å². The Hall–Kier alpha value is -2.14. The quantitative estimate of drug-likeness (QED) is 0.802. The summed E-state index contributed by atoms with van der Waals surface area (Å²) in [6.07, 6.45) is 1.71. The van der Waals surface area contributed by atoms with E-state index in [1.807, 2.05) is 20.0 Å². The Labute approximate surface area is 126 Å². The van der Waals surface area contributed by atoms with Crippen molar-refractivity contribution < 1.29 is 4.39 Å². The molecule has 108 valence electrons. The maximum atomic E-state index is 13.8. The van der Waals surface area contributed by atoms with E-state index < -0.39 is 5.82 Å². The minimum absolute atomic E-state index is 0.131. The average Bonchev–Trinajstić information content (AvgIpc) is 2.75. The number of nitrogens with one attached hydrogen (secondary N) is 1. The predicted octanol–water partition coefficient (Wildman–Crippen LogP) is 3.68. The second-order valence-electron chi connectivity index (χ2n) is 4.87. The third-order valence-electron chi connectivity index (χ3n) is 3.38. The number of pyridine rings is 1. The fraction of sp³-hybridized carbons (Fsp3) is 0.200. The number of hydrogen-bond acceptors (Lipinski definition) is 3. The second kappa shape index (κ2) is 5.33. The number of nitrogens with zero attached hydrogens (tertiary/aromatic N) is 3. The van der Waals surface area contributed by atoms with Gasteiger partial charge in [0.25, 0.3) is 0 Å². The van der Waals surface area contributed by atoms with Gasteiger partial charge < -0.3 is 5.32 Å². The van der Waals surface area contributed by atoms with Crippen LogP contribution in [0.3, 0.4) is 0 Å². The molecule has 0 spiro atoms. The van der Waals surface area contributed by atoms with Gasteiger partial charge in [-0.3, -0.25) is 4.68 Å². The molecular weight excluding hydrogens is 291 g/mol. The van der Waals surface area contributed by atoms with Crippen molar-refractivity contribution in [2.24, 2.45) is 7.05 Å². The van der Waals surface area contributed by atoms with Crippen LogP contribution in [0.25, 0.3) is 11.0 Å². The topological polar surface area (TPSA) is 42.7 Å². The molecule has 0 aliphatic heterocycles. The van der Waals surface area contributed by atoms with Crippen molar-refractivity contribution >= 4 is 28.3 Å². The van der Waals surface area contributed by atoms with Crippen LogP contribution in [0.1, 0.15) is 11.3 Å². The Bertz CT molecular complexity index is 813. The van der Waals surface area contributed by atoms with Crippen molar-refractivity contribution in [2.75, 3.05) is 5.32 Å². The molecule has 0 radical (unpaired) electrons. The van der Waals surface area contributed by atoms with Crippen LogP contribution in [0.4, 0.5) is 10.1 Å². The highest BCUT2D eigenvalue weighted by atomic mass is 35.5. The van der Waals surface area contributed by atoms with Gasteiger partial charge in [-0.2, -0.15) is 5.10 Å². The minimum Gasteiger partial charge on any atom is -0.380 e. The lowest BCUT2D eigenvalue weighted by atomic mass is 10.2. The van der Waals surface area contributed by atoms with Crippen LogP contribution in [0.15, 0.2) is 30.5 Å². The van der Waals surface area contributed by atoms with Gasteiger partial charge in [0.1, 0.15) is 5.82 Å². The molecule has 6 heteroatoms. The van der Waals surface area contributed by atoms with Gasteiger partial charge >= 0.3 is 0 Å². The largest absolute Gasteiger partial charge is 0.380 e. The zero-order chi connectivity index (χ0) is 15.0. The zero-order valence-electron chi connectivity index (χ0n) is 11.7. The fourth-order valence-electron chi connectivity index (χ4n) is 2.29. The van der Waals surface area contributed by atoms with Crippen LogP contribution >= 0.6 is 11.6 Å². The van der Waals surface area contributed by atoms with Crippen molar-refractivity contribution in [2.45, 2.75) is 13.5 Å². The highest BCUT2D eigenvalue weighted by Gasteiger charge is 2.08. The van der Waals surface area contributed by atoms with E-state index in [2.05, 4.69) is 15.4 Å². The zero-order valence-corrected chi connectivity index (χ0v) is 12.4. The summed E-state index contributed by atoms with van der Waals surface area (Å²) in [5.74, 6) is -0.390. The van der Waals surface area contributed by atoms with Crippen LogP contribution in [-0.4, -0.2) is 14.8 Å². The molecule has 1 N–H and O–H groups in total. The summed E-state index contributed by atoms with van der Waals surface area (Å²) in [4.78, 5) is 4.37. The normalized spacial score (nSPS) is 11.0. The van der Waals surface area contributed by atoms with E-state index >= 15 is 0 Å². The van der Waals surface area contributed by atoms with Crippen molar-refractivity contribution in [3.05, 3.63) is 52.6 Å². The molecule has 0 amide bonds. The third-order valence-corrected chi connectivity index (χ3v) is 3.67. The van der Waals surface area contributed by atoms with E-state index in [0.717, 1.165) is 22.4 Å². The molecule has 0 saturated heterocycles. The van der Waals surface area contributed by atoms with E-state index in [1.165, 1.54) is 6.07 Å². The summed E-state index contributed by atoms with van der Waals surface area (Å²) in [6.45, 7) is 2.28. The van der Waals surface area contributed by atoms with Crippen molar-refractivity contribution in [1.82, 2.24) is 14.8 Å². The smallest absolute Gasteiger partial charge is 0.157 e. The van der Waals surface area contributed by atoms with E-state index in [0.29, 0.717) is 12.1 Å². The summed E-state index contributed by atoms with van der Waals surface area (Å²) in [6, 6.07) is 6.94. The molecule has 21 heavy (non-hydrogen) atoms. The van der Waals surface area contributed by atoms with Gasteiger partial charge in [-0.25, -0.2) is 9.37 Å². The van der Waals surface area contributed by atoms with E-state index in [1.54, 1.807) is 23.0 Å². The molecule has 3 aromatic rings. The number of benzene rings is 1. The van der Waals surface area contributed by atoms with Gasteiger partial charge in [0.2, 0.25) is 0 Å². The average molecular weight is 305 g/mol.